The van der Waals surface area contributed by atoms with Gasteiger partial charge in [0.2, 0.25) is 0 Å². The maximum Gasteiger partial charge on any atom is 0.389 e. The second-order valence-electron chi connectivity index (χ2n) is 5.05. The lowest BCUT2D eigenvalue weighted by molar-refractivity contribution is -0.136. The van der Waals surface area contributed by atoms with Gasteiger partial charge in [0.25, 0.3) is 0 Å². The summed E-state index contributed by atoms with van der Waals surface area (Å²) < 4.78 is 46.2. The summed E-state index contributed by atoms with van der Waals surface area (Å²) in [4.78, 5) is 0. The predicted molar refractivity (Wildman–Crippen MR) is 84.0 cm³/mol. The van der Waals surface area contributed by atoms with Crippen LogP contribution in [-0.2, 0) is 4.74 Å². The maximum atomic E-state index is 12.1. The van der Waals surface area contributed by atoms with Crippen molar-refractivity contribution in [2.24, 2.45) is 0 Å². The van der Waals surface area contributed by atoms with E-state index in [0.717, 1.165) is 0 Å². The molecule has 0 fully saturated rings. The van der Waals surface area contributed by atoms with Crippen molar-refractivity contribution in [1.82, 2.24) is 0 Å². The van der Waals surface area contributed by atoms with E-state index in [1.54, 1.807) is 0 Å². The van der Waals surface area contributed by atoms with Gasteiger partial charge >= 0.3 is 6.18 Å². The number of alkyl halides is 3. The average Bonchev–Trinajstić information content (AvgIpc) is 2.43. The van der Waals surface area contributed by atoms with Crippen LogP contribution in [0.2, 0.25) is 5.02 Å². The Morgan fingerprint density at radius 1 is 1.33 bits per heavy atom. The van der Waals surface area contributed by atoms with Gasteiger partial charge in [-0.2, -0.15) is 13.2 Å². The first-order valence-electron chi connectivity index (χ1n) is 7.06. The maximum absolute atomic E-state index is 12.1. The summed E-state index contributed by atoms with van der Waals surface area (Å²) in [5.74, 6) is -0.214. The molecule has 0 aromatic heterocycles. The zero-order chi connectivity index (χ0) is 18.3. The number of rotatable bonds is 7. The Bertz CT molecular complexity index is 594. The van der Waals surface area contributed by atoms with Crippen LogP contribution in [0.5, 0.6) is 5.75 Å². The molecule has 1 rings (SSSR count). The molecular formula is C15H18ClF3N2O3. The molecule has 0 saturated carbocycles. The summed E-state index contributed by atoms with van der Waals surface area (Å²) in [6, 6.07) is 4.34. The molecule has 134 valence electrons. The van der Waals surface area contributed by atoms with Gasteiger partial charge in [0.1, 0.15) is 5.75 Å². The molecule has 0 amide bonds. The third kappa shape index (κ3) is 7.65. The molecule has 0 heterocycles. The van der Waals surface area contributed by atoms with E-state index in [9.17, 15) is 18.3 Å². The number of hydrogen-bond acceptors (Lipinski definition) is 5. The molecule has 5 nitrogen and oxygen atoms in total. The zero-order valence-corrected chi connectivity index (χ0v) is 13.7. The van der Waals surface area contributed by atoms with Gasteiger partial charge in [-0.05, 0) is 24.6 Å². The van der Waals surface area contributed by atoms with E-state index in [4.69, 9.17) is 31.9 Å². The molecular weight excluding hydrogens is 349 g/mol. The van der Waals surface area contributed by atoms with Crippen LogP contribution in [0.3, 0.4) is 0 Å². The van der Waals surface area contributed by atoms with E-state index in [-0.39, 0.29) is 47.6 Å². The average molecular weight is 367 g/mol. The molecule has 1 unspecified atom stereocenters. The van der Waals surface area contributed by atoms with Crippen LogP contribution in [0.1, 0.15) is 37.9 Å². The Kier molecular flexibility index (Phi) is 7.50. The Labute approximate surface area is 142 Å². The topological polar surface area (TPSA) is 86.4 Å². The number of aliphatic hydroxyl groups is 1. The number of benzene rings is 1. The predicted octanol–water partition coefficient (Wildman–Crippen LogP) is 4.48. The first-order valence-corrected chi connectivity index (χ1v) is 7.44. The summed E-state index contributed by atoms with van der Waals surface area (Å²) in [6.07, 6.45) is -6.71. The van der Waals surface area contributed by atoms with Gasteiger partial charge in [0.15, 0.2) is 11.8 Å². The molecule has 0 bridgehead atoms. The first kappa shape index (κ1) is 20.2. The van der Waals surface area contributed by atoms with Gasteiger partial charge in [-0.3, -0.25) is 10.8 Å². The number of halogens is 4. The van der Waals surface area contributed by atoms with Gasteiger partial charge in [-0.15, -0.1) is 0 Å². The minimum atomic E-state index is -4.22. The van der Waals surface area contributed by atoms with E-state index in [1.165, 1.54) is 25.1 Å². The SMILES string of the molecule is CC(=N)OC(=N)CC(O)c1cc(OCCCC(F)(F)F)ccc1Cl. The Hall–Kier alpha value is -1.80. The van der Waals surface area contributed by atoms with Crippen molar-refractivity contribution in [2.75, 3.05) is 6.61 Å². The highest BCUT2D eigenvalue weighted by Crippen LogP contribution is 2.30. The summed E-state index contributed by atoms with van der Waals surface area (Å²) in [5, 5.41) is 25.0. The van der Waals surface area contributed by atoms with Crippen molar-refractivity contribution >= 4 is 23.4 Å². The summed E-state index contributed by atoms with van der Waals surface area (Å²) >= 11 is 5.98. The number of ether oxygens (including phenoxy) is 2. The van der Waals surface area contributed by atoms with Crippen molar-refractivity contribution < 1.29 is 27.8 Å². The van der Waals surface area contributed by atoms with Crippen molar-refractivity contribution in [3.8, 4) is 5.75 Å². The minimum absolute atomic E-state index is 0.122. The van der Waals surface area contributed by atoms with Crippen molar-refractivity contribution in [1.29, 1.82) is 10.8 Å². The minimum Gasteiger partial charge on any atom is -0.494 e. The van der Waals surface area contributed by atoms with Crippen LogP contribution in [0.15, 0.2) is 18.2 Å². The van der Waals surface area contributed by atoms with Gasteiger partial charge in [-0.25, -0.2) is 0 Å². The molecule has 1 atom stereocenters. The van der Waals surface area contributed by atoms with Crippen molar-refractivity contribution in [3.05, 3.63) is 28.8 Å². The highest BCUT2D eigenvalue weighted by Gasteiger charge is 2.26. The zero-order valence-electron chi connectivity index (χ0n) is 12.9. The number of hydrogen-bond donors (Lipinski definition) is 3. The normalized spacial score (nSPS) is 12.6. The van der Waals surface area contributed by atoms with E-state index < -0.39 is 18.7 Å². The molecule has 9 heteroatoms. The molecule has 24 heavy (non-hydrogen) atoms. The molecule has 0 aliphatic heterocycles. The fraction of sp³-hybridized carbons (Fsp3) is 0.467. The van der Waals surface area contributed by atoms with Crippen LogP contribution in [-0.4, -0.2) is 29.7 Å². The highest BCUT2D eigenvalue weighted by molar-refractivity contribution is 6.31. The second-order valence-corrected chi connectivity index (χ2v) is 5.46. The standard InChI is InChI=1S/C15H18ClF3N2O3/c1-9(20)24-14(21)8-13(22)11-7-10(3-4-12(11)16)23-6-2-5-15(17,18)19/h3-4,7,13,20-22H,2,5-6,8H2,1H3. The molecule has 0 spiro atoms. The fourth-order valence-corrected chi connectivity index (χ4v) is 2.09. The van der Waals surface area contributed by atoms with Gasteiger partial charge in [0.05, 0.1) is 19.1 Å². The quantitative estimate of drug-likeness (QED) is 0.378. The van der Waals surface area contributed by atoms with Crippen LogP contribution < -0.4 is 4.74 Å². The molecule has 0 aliphatic carbocycles. The van der Waals surface area contributed by atoms with Gasteiger partial charge in [-0.1, -0.05) is 11.6 Å². The Morgan fingerprint density at radius 3 is 2.58 bits per heavy atom. The van der Waals surface area contributed by atoms with Crippen LogP contribution in [0, 0.1) is 10.8 Å². The summed E-state index contributed by atoms with van der Waals surface area (Å²) in [7, 11) is 0. The van der Waals surface area contributed by atoms with Gasteiger partial charge in [0, 0.05) is 23.9 Å². The lowest BCUT2D eigenvalue weighted by Crippen LogP contribution is -2.12. The number of nitrogens with one attached hydrogen (secondary N) is 2. The molecule has 3 N–H and O–H groups in total. The van der Waals surface area contributed by atoms with Crippen LogP contribution in [0.25, 0.3) is 0 Å². The van der Waals surface area contributed by atoms with E-state index in [2.05, 4.69) is 0 Å². The van der Waals surface area contributed by atoms with Crippen LogP contribution in [0.4, 0.5) is 13.2 Å². The lowest BCUT2D eigenvalue weighted by atomic mass is 10.1. The monoisotopic (exact) mass is 366 g/mol. The third-order valence-electron chi connectivity index (χ3n) is 2.85. The Morgan fingerprint density at radius 2 is 2.00 bits per heavy atom. The first-order chi connectivity index (χ1) is 11.1. The highest BCUT2D eigenvalue weighted by atomic mass is 35.5. The smallest absolute Gasteiger partial charge is 0.389 e. The molecule has 1 aromatic rings. The second kappa shape index (κ2) is 8.89. The van der Waals surface area contributed by atoms with E-state index >= 15 is 0 Å². The summed E-state index contributed by atoms with van der Waals surface area (Å²) in [5.41, 5.74) is 0.265. The lowest BCUT2D eigenvalue weighted by Gasteiger charge is -2.15. The van der Waals surface area contributed by atoms with Crippen LogP contribution >= 0.6 is 11.6 Å². The fourth-order valence-electron chi connectivity index (χ4n) is 1.84. The van der Waals surface area contributed by atoms with Crippen molar-refractivity contribution in [3.63, 3.8) is 0 Å². The molecule has 1 aromatic carbocycles. The van der Waals surface area contributed by atoms with Crippen molar-refractivity contribution in [2.45, 2.75) is 38.5 Å². The third-order valence-corrected chi connectivity index (χ3v) is 3.20. The van der Waals surface area contributed by atoms with E-state index in [0.29, 0.717) is 0 Å². The van der Waals surface area contributed by atoms with E-state index in [1.807, 2.05) is 0 Å². The number of aliphatic hydroxyl groups excluding tert-OH is 1. The van der Waals surface area contributed by atoms with Gasteiger partial charge < -0.3 is 14.6 Å². The summed E-state index contributed by atoms with van der Waals surface area (Å²) in [6.45, 7) is 1.23. The molecule has 0 aliphatic rings. The molecule has 0 saturated heterocycles. The Balaban J connectivity index is 2.65. The molecule has 0 radical (unpaired) electrons. The largest absolute Gasteiger partial charge is 0.494 e.